The minimum atomic E-state index is 0.312. The highest BCUT2D eigenvalue weighted by molar-refractivity contribution is 6.33. The smallest absolute Gasteiger partial charge is 0.179 e. The predicted molar refractivity (Wildman–Crippen MR) is 81.6 cm³/mol. The number of piperidine rings is 1. The summed E-state index contributed by atoms with van der Waals surface area (Å²) in [7, 11) is 3.22. The van der Waals surface area contributed by atoms with Gasteiger partial charge in [-0.05, 0) is 30.5 Å². The summed E-state index contributed by atoms with van der Waals surface area (Å²) in [5.41, 5.74) is 7.12. The number of benzene rings is 1. The fourth-order valence-corrected chi connectivity index (χ4v) is 2.98. The molecule has 5 heteroatoms. The molecule has 0 saturated carbocycles. The third kappa shape index (κ3) is 3.19. The van der Waals surface area contributed by atoms with Gasteiger partial charge in [0.25, 0.3) is 0 Å². The van der Waals surface area contributed by atoms with Crippen LogP contribution in [-0.2, 0) is 6.54 Å². The number of hydrogen-bond acceptors (Lipinski definition) is 4. The first kappa shape index (κ1) is 15.4. The molecular weight excluding hydrogens is 276 g/mol. The van der Waals surface area contributed by atoms with Crippen molar-refractivity contribution in [3.8, 4) is 11.5 Å². The second kappa shape index (κ2) is 6.66. The van der Waals surface area contributed by atoms with Crippen LogP contribution in [0.2, 0.25) is 5.02 Å². The summed E-state index contributed by atoms with van der Waals surface area (Å²) in [6.07, 6.45) is 1.03. The monoisotopic (exact) mass is 298 g/mol. The summed E-state index contributed by atoms with van der Waals surface area (Å²) in [4.78, 5) is 2.39. The van der Waals surface area contributed by atoms with Gasteiger partial charge in [0.1, 0.15) is 0 Å². The fraction of sp³-hybridized carbons (Fsp3) is 0.600. The summed E-state index contributed by atoms with van der Waals surface area (Å²) in [6, 6.07) is 4.22. The summed E-state index contributed by atoms with van der Waals surface area (Å²) >= 11 is 6.42. The molecule has 1 fully saturated rings. The normalized spacial score (nSPS) is 23.6. The van der Waals surface area contributed by atoms with Crippen molar-refractivity contribution in [1.82, 2.24) is 4.90 Å². The van der Waals surface area contributed by atoms with E-state index in [-0.39, 0.29) is 0 Å². The topological polar surface area (TPSA) is 47.7 Å². The zero-order chi connectivity index (χ0) is 14.7. The first-order valence-electron chi connectivity index (χ1n) is 6.94. The molecule has 0 radical (unpaired) electrons. The molecule has 1 aliphatic heterocycles. The van der Waals surface area contributed by atoms with Gasteiger partial charge in [0, 0.05) is 19.1 Å². The highest BCUT2D eigenvalue weighted by Crippen LogP contribution is 2.38. The average Bonchev–Trinajstić information content (AvgIpc) is 2.44. The van der Waals surface area contributed by atoms with E-state index in [1.54, 1.807) is 14.2 Å². The molecule has 0 amide bonds. The van der Waals surface area contributed by atoms with Gasteiger partial charge in [0.2, 0.25) is 0 Å². The molecule has 1 heterocycles. The summed E-state index contributed by atoms with van der Waals surface area (Å²) in [6.45, 7) is 5.03. The van der Waals surface area contributed by atoms with Crippen molar-refractivity contribution in [3.63, 3.8) is 0 Å². The van der Waals surface area contributed by atoms with E-state index in [2.05, 4.69) is 11.8 Å². The minimum Gasteiger partial charge on any atom is -0.493 e. The standard InChI is InChI=1S/C15H23ClN2O2/c1-10-8-18(7-6-12(10)17)9-11-4-5-13(19-2)15(20-3)14(11)16/h4-5,10,12H,6-9,17H2,1-3H3. The maximum absolute atomic E-state index is 6.42. The number of nitrogens with two attached hydrogens (primary N) is 1. The van der Waals surface area contributed by atoms with Crippen molar-refractivity contribution in [2.75, 3.05) is 27.3 Å². The van der Waals surface area contributed by atoms with Crippen LogP contribution in [0.15, 0.2) is 12.1 Å². The Labute approximate surface area is 125 Å². The van der Waals surface area contributed by atoms with Gasteiger partial charge in [-0.25, -0.2) is 0 Å². The van der Waals surface area contributed by atoms with Crippen LogP contribution in [0.1, 0.15) is 18.9 Å². The molecule has 1 saturated heterocycles. The van der Waals surface area contributed by atoms with Crippen LogP contribution in [0, 0.1) is 5.92 Å². The molecule has 20 heavy (non-hydrogen) atoms. The maximum atomic E-state index is 6.42. The number of rotatable bonds is 4. The number of halogens is 1. The Morgan fingerprint density at radius 3 is 2.70 bits per heavy atom. The molecule has 0 bridgehead atoms. The fourth-order valence-electron chi connectivity index (χ4n) is 2.69. The van der Waals surface area contributed by atoms with Gasteiger partial charge < -0.3 is 15.2 Å². The number of likely N-dealkylation sites (tertiary alicyclic amines) is 1. The predicted octanol–water partition coefficient (Wildman–Crippen LogP) is 2.53. The zero-order valence-corrected chi connectivity index (χ0v) is 13.1. The van der Waals surface area contributed by atoms with Crippen molar-refractivity contribution < 1.29 is 9.47 Å². The number of nitrogens with zero attached hydrogens (tertiary/aromatic N) is 1. The van der Waals surface area contributed by atoms with Gasteiger partial charge in [0.15, 0.2) is 11.5 Å². The Kier molecular flexibility index (Phi) is 5.13. The van der Waals surface area contributed by atoms with Gasteiger partial charge in [-0.3, -0.25) is 4.90 Å². The summed E-state index contributed by atoms with van der Waals surface area (Å²) < 4.78 is 10.6. The van der Waals surface area contributed by atoms with Gasteiger partial charge in [-0.2, -0.15) is 0 Å². The Morgan fingerprint density at radius 1 is 1.35 bits per heavy atom. The second-order valence-electron chi connectivity index (χ2n) is 5.44. The lowest BCUT2D eigenvalue weighted by molar-refractivity contribution is 0.157. The second-order valence-corrected chi connectivity index (χ2v) is 5.82. The van der Waals surface area contributed by atoms with Crippen LogP contribution in [0.25, 0.3) is 0 Å². The lowest BCUT2D eigenvalue weighted by Gasteiger charge is -2.35. The molecule has 4 nitrogen and oxygen atoms in total. The van der Waals surface area contributed by atoms with Crippen molar-refractivity contribution >= 4 is 11.6 Å². The molecule has 0 spiro atoms. The minimum absolute atomic E-state index is 0.312. The quantitative estimate of drug-likeness (QED) is 0.928. The van der Waals surface area contributed by atoms with Crippen LogP contribution in [0.5, 0.6) is 11.5 Å². The third-order valence-electron chi connectivity index (χ3n) is 4.01. The lowest BCUT2D eigenvalue weighted by atomic mass is 9.94. The Morgan fingerprint density at radius 2 is 2.10 bits per heavy atom. The summed E-state index contributed by atoms with van der Waals surface area (Å²) in [5.74, 6) is 1.78. The van der Waals surface area contributed by atoms with Gasteiger partial charge >= 0.3 is 0 Å². The van der Waals surface area contributed by atoms with E-state index in [1.165, 1.54) is 0 Å². The largest absolute Gasteiger partial charge is 0.493 e. The Balaban J connectivity index is 2.14. The molecular formula is C15H23ClN2O2. The van der Waals surface area contributed by atoms with Crippen LogP contribution < -0.4 is 15.2 Å². The maximum Gasteiger partial charge on any atom is 0.179 e. The highest BCUT2D eigenvalue weighted by Gasteiger charge is 2.24. The van der Waals surface area contributed by atoms with Crippen molar-refractivity contribution in [1.29, 1.82) is 0 Å². The molecule has 2 atom stereocenters. The summed E-state index contributed by atoms with van der Waals surface area (Å²) in [5, 5.41) is 0.634. The Bertz CT molecular complexity index is 467. The van der Waals surface area contributed by atoms with E-state index >= 15 is 0 Å². The first-order valence-corrected chi connectivity index (χ1v) is 7.32. The molecule has 2 unspecified atom stereocenters. The van der Waals surface area contributed by atoms with Gasteiger partial charge in [-0.1, -0.05) is 24.6 Å². The van der Waals surface area contributed by atoms with E-state index in [1.807, 2.05) is 12.1 Å². The lowest BCUT2D eigenvalue weighted by Crippen LogP contribution is -2.45. The van der Waals surface area contributed by atoms with E-state index in [9.17, 15) is 0 Å². The SMILES string of the molecule is COc1ccc(CN2CCC(N)C(C)C2)c(Cl)c1OC. The zero-order valence-electron chi connectivity index (χ0n) is 12.4. The molecule has 2 N–H and O–H groups in total. The highest BCUT2D eigenvalue weighted by atomic mass is 35.5. The van der Waals surface area contributed by atoms with E-state index < -0.39 is 0 Å². The molecule has 1 aromatic carbocycles. The van der Waals surface area contributed by atoms with E-state index in [0.717, 1.165) is 31.6 Å². The molecule has 0 aromatic heterocycles. The molecule has 112 valence electrons. The van der Waals surface area contributed by atoms with E-state index in [4.69, 9.17) is 26.8 Å². The van der Waals surface area contributed by atoms with Crippen molar-refractivity contribution in [2.24, 2.45) is 11.7 Å². The number of ether oxygens (including phenoxy) is 2. The number of hydrogen-bond donors (Lipinski definition) is 1. The van der Waals surface area contributed by atoms with Crippen LogP contribution in [0.4, 0.5) is 0 Å². The Hall–Kier alpha value is -0.970. The molecule has 1 aliphatic rings. The average molecular weight is 299 g/mol. The molecule has 1 aromatic rings. The molecule has 2 rings (SSSR count). The van der Waals surface area contributed by atoms with Gasteiger partial charge in [-0.15, -0.1) is 0 Å². The van der Waals surface area contributed by atoms with Crippen LogP contribution in [-0.4, -0.2) is 38.3 Å². The van der Waals surface area contributed by atoms with Crippen molar-refractivity contribution in [3.05, 3.63) is 22.7 Å². The number of methoxy groups -OCH3 is 2. The van der Waals surface area contributed by atoms with Gasteiger partial charge in [0.05, 0.1) is 19.2 Å². The first-order chi connectivity index (χ1) is 9.56. The van der Waals surface area contributed by atoms with Crippen LogP contribution in [0.3, 0.4) is 0 Å². The van der Waals surface area contributed by atoms with Crippen LogP contribution >= 0.6 is 11.6 Å². The molecule has 0 aliphatic carbocycles. The van der Waals surface area contributed by atoms with E-state index in [0.29, 0.717) is 28.5 Å². The third-order valence-corrected chi connectivity index (χ3v) is 4.43. The van der Waals surface area contributed by atoms with Crippen molar-refractivity contribution in [2.45, 2.75) is 25.9 Å².